The van der Waals surface area contributed by atoms with Gasteiger partial charge in [0.05, 0.1) is 6.10 Å². The molecule has 0 amide bonds. The predicted molar refractivity (Wildman–Crippen MR) is 46.2 cm³/mol. The van der Waals surface area contributed by atoms with E-state index in [2.05, 4.69) is 0 Å². The quantitative estimate of drug-likeness (QED) is 0.719. The Morgan fingerprint density at radius 1 is 1.25 bits per heavy atom. The van der Waals surface area contributed by atoms with Gasteiger partial charge in [-0.3, -0.25) is 0 Å². The van der Waals surface area contributed by atoms with Gasteiger partial charge in [0.15, 0.2) is 0 Å². The van der Waals surface area contributed by atoms with E-state index in [0.717, 1.165) is 0 Å². The van der Waals surface area contributed by atoms with Crippen molar-refractivity contribution < 1.29 is 9.50 Å². The van der Waals surface area contributed by atoms with Crippen molar-refractivity contribution in [3.05, 3.63) is 35.6 Å². The number of benzene rings is 1. The minimum atomic E-state index is -0.703. The van der Waals surface area contributed by atoms with Crippen LogP contribution in [0.3, 0.4) is 0 Å². The Labute approximate surface area is 71.9 Å². The van der Waals surface area contributed by atoms with Crippen LogP contribution in [0.1, 0.15) is 25.5 Å². The van der Waals surface area contributed by atoms with Crippen LogP contribution >= 0.6 is 0 Å². The maximum absolute atomic E-state index is 13.0. The van der Waals surface area contributed by atoms with Crippen LogP contribution in [0, 0.1) is 11.7 Å². The highest BCUT2D eigenvalue weighted by atomic mass is 19.1. The summed E-state index contributed by atoms with van der Waals surface area (Å²) < 4.78 is 13.0. The van der Waals surface area contributed by atoms with Crippen LogP contribution in [0.2, 0.25) is 0 Å². The first-order valence-corrected chi connectivity index (χ1v) is 4.05. The van der Waals surface area contributed by atoms with Gasteiger partial charge in [-0.05, 0) is 12.0 Å². The summed E-state index contributed by atoms with van der Waals surface area (Å²) >= 11 is 0. The third-order valence-corrected chi connectivity index (χ3v) is 1.86. The van der Waals surface area contributed by atoms with Gasteiger partial charge < -0.3 is 5.11 Å². The highest BCUT2D eigenvalue weighted by molar-refractivity contribution is 5.19. The van der Waals surface area contributed by atoms with Gasteiger partial charge in [0, 0.05) is 5.56 Å². The van der Waals surface area contributed by atoms with Crippen molar-refractivity contribution in [1.82, 2.24) is 0 Å². The molecule has 0 aliphatic rings. The number of hydrogen-bond acceptors (Lipinski definition) is 1. The summed E-state index contributed by atoms with van der Waals surface area (Å²) in [6.45, 7) is 3.72. The lowest BCUT2D eigenvalue weighted by atomic mass is 9.99. The molecule has 0 radical (unpaired) electrons. The van der Waals surface area contributed by atoms with E-state index in [-0.39, 0.29) is 11.7 Å². The summed E-state index contributed by atoms with van der Waals surface area (Å²) in [6, 6.07) is 6.32. The van der Waals surface area contributed by atoms with Gasteiger partial charge in [-0.1, -0.05) is 32.0 Å². The molecule has 1 aromatic rings. The van der Waals surface area contributed by atoms with E-state index in [4.69, 9.17) is 0 Å². The van der Waals surface area contributed by atoms with E-state index >= 15 is 0 Å². The highest BCUT2D eigenvalue weighted by Crippen LogP contribution is 2.23. The lowest BCUT2D eigenvalue weighted by molar-refractivity contribution is 0.123. The summed E-state index contributed by atoms with van der Waals surface area (Å²) in [5.41, 5.74) is 0.382. The zero-order chi connectivity index (χ0) is 9.14. The molecule has 0 saturated heterocycles. The van der Waals surface area contributed by atoms with Gasteiger partial charge in [-0.2, -0.15) is 0 Å². The Morgan fingerprint density at radius 2 is 1.83 bits per heavy atom. The number of aliphatic hydroxyl groups is 1. The Bertz CT molecular complexity index is 258. The van der Waals surface area contributed by atoms with E-state index in [1.807, 2.05) is 13.8 Å². The predicted octanol–water partition coefficient (Wildman–Crippen LogP) is 2.52. The largest absolute Gasteiger partial charge is 0.388 e. The zero-order valence-corrected chi connectivity index (χ0v) is 7.29. The second-order valence-electron chi connectivity index (χ2n) is 3.21. The van der Waals surface area contributed by atoms with E-state index in [1.165, 1.54) is 6.07 Å². The van der Waals surface area contributed by atoms with Crippen LogP contribution in [-0.4, -0.2) is 5.11 Å². The fourth-order valence-electron chi connectivity index (χ4n) is 1.07. The van der Waals surface area contributed by atoms with Crippen LogP contribution in [0.15, 0.2) is 24.3 Å². The molecule has 0 spiro atoms. The molecule has 0 saturated carbocycles. The van der Waals surface area contributed by atoms with Crippen molar-refractivity contribution in [2.24, 2.45) is 5.92 Å². The number of rotatable bonds is 2. The maximum atomic E-state index is 13.0. The Balaban J connectivity index is 2.94. The molecule has 2 heteroatoms. The van der Waals surface area contributed by atoms with Crippen molar-refractivity contribution >= 4 is 0 Å². The molecule has 1 nitrogen and oxygen atoms in total. The molecule has 0 aromatic heterocycles. The molecule has 1 atom stereocenters. The molecular formula is C10H13FO. The van der Waals surface area contributed by atoms with Gasteiger partial charge >= 0.3 is 0 Å². The first-order valence-electron chi connectivity index (χ1n) is 4.05. The van der Waals surface area contributed by atoms with Crippen LogP contribution in [-0.2, 0) is 0 Å². The minimum absolute atomic E-state index is 0.0434. The van der Waals surface area contributed by atoms with Crippen molar-refractivity contribution in [2.75, 3.05) is 0 Å². The Morgan fingerprint density at radius 3 is 2.33 bits per heavy atom. The summed E-state index contributed by atoms with van der Waals surface area (Å²) in [4.78, 5) is 0. The standard InChI is InChI=1S/C10H13FO/c1-7(2)10(12)8-5-3-4-6-9(8)11/h3-7,10,12H,1-2H3/t10-/m1/s1. The lowest BCUT2D eigenvalue weighted by Crippen LogP contribution is -2.07. The third-order valence-electron chi connectivity index (χ3n) is 1.86. The minimum Gasteiger partial charge on any atom is -0.388 e. The van der Waals surface area contributed by atoms with Gasteiger partial charge in [0.25, 0.3) is 0 Å². The summed E-state index contributed by atoms with van der Waals surface area (Å²) in [5, 5.41) is 9.54. The fourth-order valence-corrected chi connectivity index (χ4v) is 1.07. The van der Waals surface area contributed by atoms with Crippen LogP contribution < -0.4 is 0 Å². The van der Waals surface area contributed by atoms with E-state index in [1.54, 1.807) is 18.2 Å². The molecule has 0 fully saturated rings. The van der Waals surface area contributed by atoms with Crippen LogP contribution in [0.4, 0.5) is 4.39 Å². The second-order valence-corrected chi connectivity index (χ2v) is 3.21. The number of hydrogen-bond donors (Lipinski definition) is 1. The number of halogens is 1. The highest BCUT2D eigenvalue weighted by Gasteiger charge is 2.14. The molecule has 1 rings (SSSR count). The first kappa shape index (κ1) is 9.20. The number of aliphatic hydroxyl groups excluding tert-OH is 1. The Kier molecular flexibility index (Phi) is 2.82. The molecule has 0 heterocycles. The molecule has 66 valence electrons. The average Bonchev–Trinajstić information content (AvgIpc) is 2.04. The van der Waals surface area contributed by atoms with Gasteiger partial charge in [0.1, 0.15) is 5.82 Å². The smallest absolute Gasteiger partial charge is 0.129 e. The molecule has 0 unspecified atom stereocenters. The molecule has 0 aliphatic carbocycles. The zero-order valence-electron chi connectivity index (χ0n) is 7.29. The fraction of sp³-hybridized carbons (Fsp3) is 0.400. The Hall–Kier alpha value is -0.890. The van der Waals surface area contributed by atoms with E-state index in [0.29, 0.717) is 5.56 Å². The molecular weight excluding hydrogens is 155 g/mol. The average molecular weight is 168 g/mol. The van der Waals surface area contributed by atoms with Gasteiger partial charge in [0.2, 0.25) is 0 Å². The molecule has 12 heavy (non-hydrogen) atoms. The second kappa shape index (κ2) is 3.68. The monoisotopic (exact) mass is 168 g/mol. The lowest BCUT2D eigenvalue weighted by Gasteiger charge is -2.14. The van der Waals surface area contributed by atoms with E-state index in [9.17, 15) is 9.50 Å². The van der Waals surface area contributed by atoms with Crippen LogP contribution in [0.25, 0.3) is 0 Å². The third kappa shape index (κ3) is 1.83. The normalized spacial score (nSPS) is 13.4. The molecule has 1 N–H and O–H groups in total. The van der Waals surface area contributed by atoms with Gasteiger partial charge in [-0.25, -0.2) is 4.39 Å². The van der Waals surface area contributed by atoms with Crippen molar-refractivity contribution in [3.8, 4) is 0 Å². The topological polar surface area (TPSA) is 20.2 Å². The van der Waals surface area contributed by atoms with Crippen molar-refractivity contribution in [2.45, 2.75) is 20.0 Å². The molecule has 1 aromatic carbocycles. The van der Waals surface area contributed by atoms with E-state index < -0.39 is 6.10 Å². The van der Waals surface area contributed by atoms with Crippen molar-refractivity contribution in [1.29, 1.82) is 0 Å². The molecule has 0 aliphatic heterocycles. The SMILES string of the molecule is CC(C)[C@@H](O)c1ccccc1F. The first-order chi connectivity index (χ1) is 5.63. The van der Waals surface area contributed by atoms with Gasteiger partial charge in [-0.15, -0.1) is 0 Å². The molecule has 0 bridgehead atoms. The van der Waals surface area contributed by atoms with Crippen LogP contribution in [0.5, 0.6) is 0 Å². The summed E-state index contributed by atoms with van der Waals surface area (Å²) in [5.74, 6) is -0.291. The summed E-state index contributed by atoms with van der Waals surface area (Å²) in [6.07, 6.45) is -0.703. The maximum Gasteiger partial charge on any atom is 0.129 e. The summed E-state index contributed by atoms with van der Waals surface area (Å²) in [7, 11) is 0. The van der Waals surface area contributed by atoms with Crippen molar-refractivity contribution in [3.63, 3.8) is 0 Å².